The summed E-state index contributed by atoms with van der Waals surface area (Å²) in [6, 6.07) is 8.56. The fourth-order valence-electron chi connectivity index (χ4n) is 2.42. The minimum Gasteiger partial charge on any atom is -0.494 e. The lowest BCUT2D eigenvalue weighted by molar-refractivity contribution is 0.415. The quantitative estimate of drug-likeness (QED) is 0.542. The molecule has 1 N–H and O–H groups in total. The van der Waals surface area contributed by atoms with Crippen molar-refractivity contribution in [3.63, 3.8) is 0 Å². The minimum absolute atomic E-state index is 0.169. The van der Waals surface area contributed by atoms with Crippen LogP contribution in [0.25, 0.3) is 0 Å². The zero-order chi connectivity index (χ0) is 20.4. The van der Waals surface area contributed by atoms with Crippen LogP contribution in [0.3, 0.4) is 0 Å². The van der Waals surface area contributed by atoms with Crippen LogP contribution in [0.5, 0.6) is 5.75 Å². The molecule has 0 aliphatic carbocycles. The number of benzene rings is 2. The fraction of sp³-hybridized carbons (Fsp3) is 0.316. The second kappa shape index (κ2) is 8.09. The van der Waals surface area contributed by atoms with Gasteiger partial charge in [0.2, 0.25) is 0 Å². The van der Waals surface area contributed by atoms with E-state index in [4.69, 9.17) is 27.9 Å². The molecule has 0 fully saturated rings. The summed E-state index contributed by atoms with van der Waals surface area (Å²) in [5.74, 6) is 0.352. The summed E-state index contributed by atoms with van der Waals surface area (Å²) >= 11 is 12.1. The minimum atomic E-state index is -3.82. The fourth-order valence-corrected chi connectivity index (χ4v) is 4.15. The molecule has 0 unspecified atom stereocenters. The molecule has 0 saturated heterocycles. The lowest BCUT2D eigenvalue weighted by Crippen LogP contribution is -2.21. The van der Waals surface area contributed by atoms with E-state index in [9.17, 15) is 8.42 Å². The van der Waals surface area contributed by atoms with Gasteiger partial charge in [0.05, 0.1) is 28.3 Å². The van der Waals surface area contributed by atoms with Gasteiger partial charge >= 0.3 is 0 Å². The predicted molar refractivity (Wildman–Crippen MR) is 111 cm³/mol. The van der Waals surface area contributed by atoms with Gasteiger partial charge < -0.3 is 4.74 Å². The highest BCUT2D eigenvalue weighted by Crippen LogP contribution is 2.33. The van der Waals surface area contributed by atoms with Crippen LogP contribution in [-0.2, 0) is 15.4 Å². The number of hydrazone groups is 1. The van der Waals surface area contributed by atoms with Crippen molar-refractivity contribution in [3.8, 4) is 5.75 Å². The van der Waals surface area contributed by atoms with Crippen molar-refractivity contribution < 1.29 is 13.2 Å². The topological polar surface area (TPSA) is 67.8 Å². The van der Waals surface area contributed by atoms with Crippen molar-refractivity contribution in [2.45, 2.75) is 38.0 Å². The van der Waals surface area contributed by atoms with Crippen LogP contribution in [0.15, 0.2) is 40.3 Å². The van der Waals surface area contributed by atoms with Gasteiger partial charge in [-0.2, -0.15) is 13.5 Å². The molecule has 2 aromatic carbocycles. The molecule has 0 bridgehead atoms. The zero-order valence-corrected chi connectivity index (χ0v) is 18.1. The molecule has 2 rings (SSSR count). The van der Waals surface area contributed by atoms with Gasteiger partial charge in [0.15, 0.2) is 5.75 Å². The average molecular weight is 429 g/mol. The second-order valence-electron chi connectivity index (χ2n) is 7.10. The van der Waals surface area contributed by atoms with Crippen LogP contribution in [0, 0.1) is 6.92 Å². The van der Waals surface area contributed by atoms with E-state index >= 15 is 0 Å². The van der Waals surface area contributed by atoms with Crippen LogP contribution in [0.2, 0.25) is 10.0 Å². The molecule has 0 radical (unpaired) electrons. The first kappa shape index (κ1) is 21.5. The van der Waals surface area contributed by atoms with Gasteiger partial charge in [0.1, 0.15) is 0 Å². The van der Waals surface area contributed by atoms with E-state index in [0.717, 1.165) is 5.56 Å². The van der Waals surface area contributed by atoms with Gasteiger partial charge in [-0.3, -0.25) is 0 Å². The third-order valence-corrected chi connectivity index (χ3v) is 5.88. The summed E-state index contributed by atoms with van der Waals surface area (Å²) in [7, 11) is -2.35. The van der Waals surface area contributed by atoms with Crippen LogP contribution >= 0.6 is 23.2 Å². The highest BCUT2D eigenvalue weighted by Gasteiger charge is 2.21. The van der Waals surface area contributed by atoms with E-state index in [1.807, 2.05) is 26.8 Å². The van der Waals surface area contributed by atoms with E-state index in [0.29, 0.717) is 26.9 Å². The standard InChI is InChI=1S/C19H22Cl2N2O3S/c1-12-6-7-14(19(2,3)4)10-17(12)27(24,25)23-22-11-13-8-15(20)18(26-5)16(21)9-13/h6-11,23H,1-5H3/b22-11+. The highest BCUT2D eigenvalue weighted by atomic mass is 35.5. The summed E-state index contributed by atoms with van der Waals surface area (Å²) in [6.07, 6.45) is 1.33. The molecule has 0 aliphatic heterocycles. The van der Waals surface area contributed by atoms with Gasteiger partial charge in [-0.15, -0.1) is 0 Å². The summed E-state index contributed by atoms with van der Waals surface area (Å²) in [6.45, 7) is 7.82. The molecule has 0 amide bonds. The van der Waals surface area contributed by atoms with Crippen molar-refractivity contribution >= 4 is 39.4 Å². The van der Waals surface area contributed by atoms with E-state index < -0.39 is 10.0 Å². The number of ether oxygens (including phenoxy) is 1. The molecule has 27 heavy (non-hydrogen) atoms. The highest BCUT2D eigenvalue weighted by molar-refractivity contribution is 7.89. The van der Waals surface area contributed by atoms with Gasteiger partial charge in [0, 0.05) is 0 Å². The Bertz CT molecular complexity index is 958. The normalized spacial score (nSPS) is 12.4. The molecule has 2 aromatic rings. The smallest absolute Gasteiger partial charge is 0.276 e. The summed E-state index contributed by atoms with van der Waals surface area (Å²) < 4.78 is 30.4. The first-order valence-electron chi connectivity index (χ1n) is 8.15. The Morgan fingerprint density at radius 1 is 1.11 bits per heavy atom. The van der Waals surface area contributed by atoms with Crippen molar-refractivity contribution in [1.82, 2.24) is 4.83 Å². The van der Waals surface area contributed by atoms with Crippen LogP contribution in [0.4, 0.5) is 0 Å². The summed E-state index contributed by atoms with van der Waals surface area (Å²) in [5.41, 5.74) is 1.93. The number of halogens is 2. The molecular weight excluding hydrogens is 407 g/mol. The Kier molecular flexibility index (Phi) is 6.45. The van der Waals surface area contributed by atoms with Crippen molar-refractivity contribution in [1.29, 1.82) is 0 Å². The number of methoxy groups -OCH3 is 1. The number of aryl methyl sites for hydroxylation is 1. The molecule has 0 aliphatic rings. The van der Waals surface area contributed by atoms with E-state index in [1.54, 1.807) is 31.2 Å². The molecule has 0 atom stereocenters. The maximum Gasteiger partial charge on any atom is 0.276 e. The first-order chi connectivity index (χ1) is 12.5. The van der Waals surface area contributed by atoms with E-state index in [1.165, 1.54) is 13.3 Å². The lowest BCUT2D eigenvalue weighted by atomic mass is 9.87. The average Bonchev–Trinajstić information content (AvgIpc) is 2.53. The Labute approximate surface area is 170 Å². The largest absolute Gasteiger partial charge is 0.494 e. The van der Waals surface area contributed by atoms with Crippen molar-refractivity contribution in [2.24, 2.45) is 5.10 Å². The Morgan fingerprint density at radius 3 is 2.22 bits per heavy atom. The van der Waals surface area contributed by atoms with E-state index in [-0.39, 0.29) is 10.3 Å². The van der Waals surface area contributed by atoms with Crippen LogP contribution in [-0.4, -0.2) is 21.7 Å². The molecule has 0 saturated carbocycles. The van der Waals surface area contributed by atoms with Gasteiger partial charge in [-0.25, -0.2) is 4.83 Å². The monoisotopic (exact) mass is 428 g/mol. The van der Waals surface area contributed by atoms with Crippen molar-refractivity contribution in [2.75, 3.05) is 7.11 Å². The summed E-state index contributed by atoms with van der Waals surface area (Å²) in [4.78, 5) is 2.43. The molecule has 5 nitrogen and oxygen atoms in total. The number of nitrogens with one attached hydrogen (secondary N) is 1. The Morgan fingerprint density at radius 2 is 1.70 bits per heavy atom. The predicted octanol–water partition coefficient (Wildman–Crippen LogP) is 4.92. The van der Waals surface area contributed by atoms with Crippen LogP contribution in [0.1, 0.15) is 37.5 Å². The molecule has 0 aromatic heterocycles. The zero-order valence-electron chi connectivity index (χ0n) is 15.8. The molecule has 0 heterocycles. The number of sulfonamides is 1. The SMILES string of the molecule is COc1c(Cl)cc(/C=N/NS(=O)(=O)c2cc(C(C)(C)C)ccc2C)cc1Cl. The maximum absolute atomic E-state index is 12.7. The number of nitrogens with zero attached hydrogens (tertiary/aromatic N) is 1. The van der Waals surface area contributed by atoms with Gasteiger partial charge in [-0.1, -0.05) is 56.1 Å². The third-order valence-electron chi connectivity index (χ3n) is 3.95. The maximum atomic E-state index is 12.7. The summed E-state index contributed by atoms with van der Waals surface area (Å²) in [5, 5.41) is 4.46. The second-order valence-corrected chi connectivity index (χ2v) is 9.54. The van der Waals surface area contributed by atoms with Gasteiger partial charge in [-0.05, 0) is 47.2 Å². The van der Waals surface area contributed by atoms with Crippen LogP contribution < -0.4 is 9.57 Å². The number of hydrogen-bond acceptors (Lipinski definition) is 4. The molecule has 146 valence electrons. The third kappa shape index (κ3) is 5.15. The lowest BCUT2D eigenvalue weighted by Gasteiger charge is -2.20. The molecule has 0 spiro atoms. The van der Waals surface area contributed by atoms with E-state index in [2.05, 4.69) is 9.93 Å². The number of hydrogen-bond donors (Lipinski definition) is 1. The number of rotatable bonds is 5. The molecular formula is C19H22Cl2N2O3S. The first-order valence-corrected chi connectivity index (χ1v) is 10.4. The van der Waals surface area contributed by atoms with Gasteiger partial charge in [0.25, 0.3) is 10.0 Å². The molecule has 8 heteroatoms. The Hall–Kier alpha value is -1.76. The Balaban J connectivity index is 2.29. The van der Waals surface area contributed by atoms with Crippen molar-refractivity contribution in [3.05, 3.63) is 57.1 Å².